The summed E-state index contributed by atoms with van der Waals surface area (Å²) in [6.07, 6.45) is 4.53. The molecule has 0 N–H and O–H groups in total. The maximum atomic E-state index is 10.6. The van der Waals surface area contributed by atoms with Gasteiger partial charge in [-0.2, -0.15) is 0 Å². The SMILES string of the molecule is O=P1(Cl)C=CC=CO1. The molecule has 0 aromatic rings. The molecule has 44 valence electrons. The van der Waals surface area contributed by atoms with Crippen molar-refractivity contribution in [1.29, 1.82) is 0 Å². The molecule has 0 saturated heterocycles. The molecule has 4 heteroatoms. The van der Waals surface area contributed by atoms with E-state index < -0.39 is 6.72 Å². The highest BCUT2D eigenvalue weighted by molar-refractivity contribution is 7.87. The molecule has 0 aliphatic carbocycles. The molecule has 0 bridgehead atoms. The molecule has 0 saturated carbocycles. The summed E-state index contributed by atoms with van der Waals surface area (Å²) in [4.78, 5) is 0. The lowest BCUT2D eigenvalue weighted by molar-refractivity contribution is 0.463. The van der Waals surface area contributed by atoms with Crippen molar-refractivity contribution >= 4 is 18.0 Å². The van der Waals surface area contributed by atoms with Crippen LogP contribution in [0.3, 0.4) is 0 Å². The Kier molecular flexibility index (Phi) is 1.45. The van der Waals surface area contributed by atoms with Crippen LogP contribution in [0.1, 0.15) is 0 Å². The summed E-state index contributed by atoms with van der Waals surface area (Å²) in [6.45, 7) is -2.88. The minimum absolute atomic E-state index is 1.31. The number of halogens is 1. The lowest BCUT2D eigenvalue weighted by atomic mass is 10.6. The van der Waals surface area contributed by atoms with Gasteiger partial charge in [-0.3, -0.25) is 4.57 Å². The number of allylic oxidation sites excluding steroid dienone is 2. The maximum Gasteiger partial charge on any atom is 0.358 e. The van der Waals surface area contributed by atoms with E-state index in [9.17, 15) is 4.57 Å². The monoisotopic (exact) mass is 150 g/mol. The highest BCUT2D eigenvalue weighted by Crippen LogP contribution is 2.55. The predicted octanol–water partition coefficient (Wildman–Crippen LogP) is 2.48. The van der Waals surface area contributed by atoms with Gasteiger partial charge in [0, 0.05) is 5.82 Å². The fraction of sp³-hybridized carbons (Fsp3) is 0. The molecule has 1 heterocycles. The Morgan fingerprint density at radius 1 is 1.50 bits per heavy atom. The minimum atomic E-state index is -2.88. The second-order valence-corrected chi connectivity index (χ2v) is 4.26. The lowest BCUT2D eigenvalue weighted by Gasteiger charge is -2.04. The van der Waals surface area contributed by atoms with Gasteiger partial charge in [-0.05, 0) is 17.3 Å². The average molecular weight is 151 g/mol. The normalized spacial score (nSPS) is 34.6. The van der Waals surface area contributed by atoms with Crippen LogP contribution in [0.25, 0.3) is 0 Å². The molecule has 8 heavy (non-hydrogen) atoms. The van der Waals surface area contributed by atoms with Gasteiger partial charge in [0.2, 0.25) is 0 Å². The molecule has 0 aromatic carbocycles. The highest BCUT2D eigenvalue weighted by atomic mass is 35.7. The zero-order chi connectivity index (χ0) is 6.04. The summed E-state index contributed by atoms with van der Waals surface area (Å²) in [5.41, 5.74) is 0. The average Bonchev–Trinajstić information content (AvgIpc) is 1.65. The third-order valence-corrected chi connectivity index (χ3v) is 2.17. The van der Waals surface area contributed by atoms with E-state index in [1.54, 1.807) is 12.2 Å². The van der Waals surface area contributed by atoms with Crippen molar-refractivity contribution in [2.75, 3.05) is 0 Å². The lowest BCUT2D eigenvalue weighted by Crippen LogP contribution is -1.73. The van der Waals surface area contributed by atoms with Crippen LogP contribution in [0, 0.1) is 0 Å². The van der Waals surface area contributed by atoms with Gasteiger partial charge < -0.3 is 4.52 Å². The summed E-state index contributed by atoms with van der Waals surface area (Å²) in [5.74, 6) is 1.34. The molecular formula is C4H4ClO2P. The van der Waals surface area contributed by atoms with E-state index in [0.29, 0.717) is 0 Å². The standard InChI is InChI=1S/C4H4ClO2P/c5-8(6)4-2-1-3-7-8/h1-4H. The molecule has 0 aromatic heterocycles. The fourth-order valence-electron chi connectivity index (χ4n) is 0.351. The van der Waals surface area contributed by atoms with Gasteiger partial charge in [-0.25, -0.2) is 0 Å². The number of rotatable bonds is 0. The Hall–Kier alpha value is -0.200. The van der Waals surface area contributed by atoms with Crippen LogP contribution in [0.15, 0.2) is 24.2 Å². The van der Waals surface area contributed by atoms with Crippen LogP contribution in [0.4, 0.5) is 0 Å². The second kappa shape index (κ2) is 1.96. The smallest absolute Gasteiger partial charge is 0.358 e. The first-order chi connectivity index (χ1) is 3.71. The van der Waals surface area contributed by atoms with Gasteiger partial charge in [0.05, 0.1) is 6.26 Å². The predicted molar refractivity (Wildman–Crippen MR) is 32.8 cm³/mol. The van der Waals surface area contributed by atoms with Crippen LogP contribution in [0.2, 0.25) is 0 Å². The van der Waals surface area contributed by atoms with Crippen LogP contribution < -0.4 is 0 Å². The molecule has 1 aliphatic heterocycles. The van der Waals surface area contributed by atoms with Crippen molar-refractivity contribution in [2.24, 2.45) is 0 Å². The molecule has 1 atom stereocenters. The van der Waals surface area contributed by atoms with E-state index in [4.69, 9.17) is 11.2 Å². The van der Waals surface area contributed by atoms with E-state index in [0.717, 1.165) is 0 Å². The molecule has 0 radical (unpaired) electrons. The second-order valence-electron chi connectivity index (χ2n) is 1.30. The Balaban J connectivity index is 2.81. The Morgan fingerprint density at radius 3 is 2.50 bits per heavy atom. The van der Waals surface area contributed by atoms with Crippen molar-refractivity contribution < 1.29 is 9.09 Å². The molecule has 0 fully saturated rings. The summed E-state index contributed by atoms with van der Waals surface area (Å²) in [6, 6.07) is 0. The van der Waals surface area contributed by atoms with Gasteiger partial charge in [-0.1, -0.05) is 6.08 Å². The number of hydrogen-bond acceptors (Lipinski definition) is 2. The molecule has 0 amide bonds. The van der Waals surface area contributed by atoms with Crippen molar-refractivity contribution in [1.82, 2.24) is 0 Å². The molecule has 1 rings (SSSR count). The van der Waals surface area contributed by atoms with Crippen molar-refractivity contribution in [3.63, 3.8) is 0 Å². The topological polar surface area (TPSA) is 26.3 Å². The first-order valence-electron chi connectivity index (χ1n) is 2.03. The van der Waals surface area contributed by atoms with E-state index in [1.807, 2.05) is 0 Å². The van der Waals surface area contributed by atoms with E-state index in [2.05, 4.69) is 4.52 Å². The molecule has 0 spiro atoms. The van der Waals surface area contributed by atoms with Crippen molar-refractivity contribution in [3.8, 4) is 0 Å². The first-order valence-corrected chi connectivity index (χ1v) is 4.63. The Morgan fingerprint density at radius 2 is 2.25 bits per heavy atom. The summed E-state index contributed by atoms with van der Waals surface area (Å²) in [5, 5.41) is 0. The van der Waals surface area contributed by atoms with Crippen LogP contribution >= 0.6 is 18.0 Å². The quantitative estimate of drug-likeness (QED) is 0.496. The largest absolute Gasteiger partial charge is 0.438 e. The van der Waals surface area contributed by atoms with Crippen LogP contribution in [-0.4, -0.2) is 0 Å². The Labute approximate surface area is 52.0 Å². The minimum Gasteiger partial charge on any atom is -0.438 e. The maximum absolute atomic E-state index is 10.6. The van der Waals surface area contributed by atoms with Gasteiger partial charge in [0.1, 0.15) is 0 Å². The van der Waals surface area contributed by atoms with Gasteiger partial charge in [0.15, 0.2) is 0 Å². The zero-order valence-electron chi connectivity index (χ0n) is 3.95. The van der Waals surface area contributed by atoms with Crippen molar-refractivity contribution in [2.45, 2.75) is 0 Å². The molecule has 2 nitrogen and oxygen atoms in total. The van der Waals surface area contributed by atoms with Gasteiger partial charge >= 0.3 is 6.72 Å². The third kappa shape index (κ3) is 1.39. The Bertz CT molecular complexity index is 184. The molecule has 1 aliphatic rings. The van der Waals surface area contributed by atoms with Gasteiger partial charge in [0.25, 0.3) is 0 Å². The van der Waals surface area contributed by atoms with E-state index >= 15 is 0 Å². The number of hydrogen-bond donors (Lipinski definition) is 0. The highest BCUT2D eigenvalue weighted by Gasteiger charge is 2.14. The van der Waals surface area contributed by atoms with Crippen molar-refractivity contribution in [3.05, 3.63) is 24.2 Å². The third-order valence-electron chi connectivity index (χ3n) is 0.658. The zero-order valence-corrected chi connectivity index (χ0v) is 5.60. The van der Waals surface area contributed by atoms with Crippen LogP contribution in [-0.2, 0) is 9.09 Å². The molecule has 1 unspecified atom stereocenters. The fourth-order valence-corrected chi connectivity index (χ4v) is 1.30. The van der Waals surface area contributed by atoms with Crippen LogP contribution in [0.5, 0.6) is 0 Å². The van der Waals surface area contributed by atoms with E-state index in [-0.39, 0.29) is 0 Å². The van der Waals surface area contributed by atoms with E-state index in [1.165, 1.54) is 12.1 Å². The summed E-state index contributed by atoms with van der Waals surface area (Å²) < 4.78 is 15.2. The summed E-state index contributed by atoms with van der Waals surface area (Å²) in [7, 11) is 0. The van der Waals surface area contributed by atoms with Gasteiger partial charge in [-0.15, -0.1) is 0 Å². The summed E-state index contributed by atoms with van der Waals surface area (Å²) >= 11 is 5.27. The first kappa shape index (κ1) is 5.93. The molecular weight excluding hydrogens is 146 g/mol.